The molecule has 0 saturated carbocycles. The van der Waals surface area contributed by atoms with Gasteiger partial charge in [0, 0.05) is 13.1 Å². The molecular formula is C32H41N3O5S. The number of aryl methyl sites for hydroxylation is 2. The summed E-state index contributed by atoms with van der Waals surface area (Å²) in [5, 5.41) is 2.94. The fourth-order valence-corrected chi connectivity index (χ4v) is 5.93. The summed E-state index contributed by atoms with van der Waals surface area (Å²) >= 11 is 0. The van der Waals surface area contributed by atoms with Gasteiger partial charge in [0.25, 0.3) is 10.0 Å². The standard InChI is InChI=1S/C32H41N3O5S/c1-6-8-21-33-32(37)28(7-2)34(22-26-17-13-24(3)14-18-26)31(36)23-35(29-11-9-10-12-30(29)40-5)41(38,39)27-19-15-25(4)16-20-27/h9-20,28H,6-8,21-23H2,1-5H3,(H,33,37)/t28-/m1/s1. The van der Waals surface area contributed by atoms with Gasteiger partial charge in [-0.3, -0.25) is 13.9 Å². The number of hydrogen-bond donors (Lipinski definition) is 1. The summed E-state index contributed by atoms with van der Waals surface area (Å²) in [6.07, 6.45) is 2.12. The van der Waals surface area contributed by atoms with Crippen LogP contribution < -0.4 is 14.4 Å². The molecule has 2 amide bonds. The molecule has 220 valence electrons. The molecule has 0 radical (unpaired) electrons. The van der Waals surface area contributed by atoms with Gasteiger partial charge >= 0.3 is 0 Å². The Kier molecular flexibility index (Phi) is 11.3. The second-order valence-electron chi connectivity index (χ2n) is 10.1. The number of methoxy groups -OCH3 is 1. The summed E-state index contributed by atoms with van der Waals surface area (Å²) in [7, 11) is -2.72. The fraction of sp³-hybridized carbons (Fsp3) is 0.375. The first-order chi connectivity index (χ1) is 19.6. The zero-order valence-corrected chi connectivity index (χ0v) is 25.4. The second kappa shape index (κ2) is 14.7. The third-order valence-electron chi connectivity index (χ3n) is 6.93. The minimum Gasteiger partial charge on any atom is -0.495 e. The van der Waals surface area contributed by atoms with Gasteiger partial charge in [0.1, 0.15) is 18.3 Å². The molecule has 8 nitrogen and oxygen atoms in total. The average Bonchev–Trinajstić information content (AvgIpc) is 2.97. The van der Waals surface area contributed by atoms with Crippen LogP contribution in [-0.4, -0.2) is 51.4 Å². The van der Waals surface area contributed by atoms with Gasteiger partial charge in [0.15, 0.2) is 0 Å². The molecule has 0 fully saturated rings. The van der Waals surface area contributed by atoms with Crippen LogP contribution in [0.3, 0.4) is 0 Å². The van der Waals surface area contributed by atoms with E-state index in [2.05, 4.69) is 5.32 Å². The predicted molar refractivity (Wildman–Crippen MR) is 162 cm³/mol. The lowest BCUT2D eigenvalue weighted by Gasteiger charge is -2.33. The van der Waals surface area contributed by atoms with Crippen molar-refractivity contribution in [3.05, 3.63) is 89.5 Å². The molecule has 3 rings (SSSR count). The molecule has 3 aromatic rings. The van der Waals surface area contributed by atoms with Gasteiger partial charge in [-0.2, -0.15) is 0 Å². The maximum Gasteiger partial charge on any atom is 0.264 e. The van der Waals surface area contributed by atoms with Crippen molar-refractivity contribution < 1.29 is 22.7 Å². The zero-order chi connectivity index (χ0) is 30.0. The minimum atomic E-state index is -4.18. The van der Waals surface area contributed by atoms with Crippen LogP contribution in [0.15, 0.2) is 77.7 Å². The molecular weight excluding hydrogens is 538 g/mol. The Balaban J connectivity index is 2.06. The Morgan fingerprint density at radius 2 is 1.51 bits per heavy atom. The van der Waals surface area contributed by atoms with E-state index in [1.807, 2.05) is 52.0 Å². The van der Waals surface area contributed by atoms with Crippen LogP contribution in [0.2, 0.25) is 0 Å². The number of nitrogens with one attached hydrogen (secondary N) is 1. The van der Waals surface area contributed by atoms with E-state index in [0.717, 1.165) is 33.8 Å². The van der Waals surface area contributed by atoms with Crippen molar-refractivity contribution in [1.82, 2.24) is 10.2 Å². The van der Waals surface area contributed by atoms with Crippen molar-refractivity contribution in [3.63, 3.8) is 0 Å². The number of unbranched alkanes of at least 4 members (excludes halogenated alkanes) is 1. The first-order valence-corrected chi connectivity index (χ1v) is 15.4. The maximum atomic E-state index is 14.2. The second-order valence-corrected chi connectivity index (χ2v) is 11.9. The minimum absolute atomic E-state index is 0.0521. The molecule has 0 aromatic heterocycles. The van der Waals surface area contributed by atoms with Crippen molar-refractivity contribution in [2.24, 2.45) is 0 Å². The number of anilines is 1. The van der Waals surface area contributed by atoms with E-state index in [1.165, 1.54) is 24.1 Å². The summed E-state index contributed by atoms with van der Waals surface area (Å²) in [6.45, 7) is 7.89. The van der Waals surface area contributed by atoms with Gasteiger partial charge in [-0.05, 0) is 56.5 Å². The number of ether oxygens (including phenoxy) is 1. The first kappa shape index (κ1) is 31.7. The molecule has 0 unspecified atom stereocenters. The highest BCUT2D eigenvalue weighted by Gasteiger charge is 2.34. The lowest BCUT2D eigenvalue weighted by molar-refractivity contribution is -0.140. The molecule has 0 spiro atoms. The molecule has 3 aromatic carbocycles. The first-order valence-electron chi connectivity index (χ1n) is 14.0. The van der Waals surface area contributed by atoms with Gasteiger partial charge in [-0.1, -0.05) is 79.9 Å². The molecule has 41 heavy (non-hydrogen) atoms. The van der Waals surface area contributed by atoms with Gasteiger partial charge in [0.05, 0.1) is 17.7 Å². The number of hydrogen-bond acceptors (Lipinski definition) is 5. The Labute approximate surface area is 244 Å². The van der Waals surface area contributed by atoms with Gasteiger partial charge in [-0.15, -0.1) is 0 Å². The molecule has 0 aliphatic heterocycles. The Morgan fingerprint density at radius 3 is 2.10 bits per heavy atom. The van der Waals surface area contributed by atoms with Crippen molar-refractivity contribution in [1.29, 1.82) is 0 Å². The lowest BCUT2D eigenvalue weighted by atomic mass is 10.1. The van der Waals surface area contributed by atoms with E-state index in [9.17, 15) is 18.0 Å². The maximum absolute atomic E-state index is 14.2. The van der Waals surface area contributed by atoms with E-state index in [1.54, 1.807) is 36.4 Å². The molecule has 1 N–H and O–H groups in total. The van der Waals surface area contributed by atoms with Crippen molar-refractivity contribution >= 4 is 27.5 Å². The molecule has 0 heterocycles. The van der Waals surface area contributed by atoms with E-state index < -0.39 is 28.5 Å². The van der Waals surface area contributed by atoms with E-state index in [-0.39, 0.29) is 23.0 Å². The largest absolute Gasteiger partial charge is 0.495 e. The molecule has 0 saturated heterocycles. The van der Waals surface area contributed by atoms with Crippen LogP contribution in [-0.2, 0) is 26.2 Å². The Bertz CT molecular complexity index is 1410. The highest BCUT2D eigenvalue weighted by Crippen LogP contribution is 2.32. The molecule has 1 atom stereocenters. The normalized spacial score (nSPS) is 11.9. The lowest BCUT2D eigenvalue weighted by Crippen LogP contribution is -2.52. The summed E-state index contributed by atoms with van der Waals surface area (Å²) in [6, 6.07) is 20.1. The molecule has 0 aliphatic carbocycles. The number of carbonyl (C=O) groups is 2. The number of para-hydroxylation sites is 2. The Morgan fingerprint density at radius 1 is 0.902 bits per heavy atom. The topological polar surface area (TPSA) is 96.0 Å². The number of amides is 2. The quantitative estimate of drug-likeness (QED) is 0.264. The highest BCUT2D eigenvalue weighted by atomic mass is 32.2. The van der Waals surface area contributed by atoms with Crippen LogP contribution in [0.1, 0.15) is 49.8 Å². The summed E-state index contributed by atoms with van der Waals surface area (Å²) in [4.78, 5) is 29.0. The van der Waals surface area contributed by atoms with Crippen molar-refractivity contribution in [3.8, 4) is 5.75 Å². The van der Waals surface area contributed by atoms with E-state index >= 15 is 0 Å². The van der Waals surface area contributed by atoms with Crippen molar-refractivity contribution in [2.45, 2.75) is 64.4 Å². The number of rotatable bonds is 14. The monoisotopic (exact) mass is 579 g/mol. The average molecular weight is 580 g/mol. The number of carbonyl (C=O) groups excluding carboxylic acids is 2. The van der Waals surface area contributed by atoms with Crippen LogP contribution >= 0.6 is 0 Å². The van der Waals surface area contributed by atoms with E-state index in [0.29, 0.717) is 18.7 Å². The summed E-state index contributed by atoms with van der Waals surface area (Å²) in [5.74, 6) is -0.443. The van der Waals surface area contributed by atoms with E-state index in [4.69, 9.17) is 4.74 Å². The zero-order valence-electron chi connectivity index (χ0n) is 24.6. The van der Waals surface area contributed by atoms with Crippen molar-refractivity contribution in [2.75, 3.05) is 24.5 Å². The van der Waals surface area contributed by atoms with Gasteiger partial charge < -0.3 is 15.0 Å². The summed E-state index contributed by atoms with van der Waals surface area (Å²) in [5.41, 5.74) is 3.06. The third-order valence-corrected chi connectivity index (χ3v) is 8.70. The number of nitrogens with zero attached hydrogens (tertiary/aromatic N) is 2. The fourth-order valence-electron chi connectivity index (χ4n) is 4.50. The molecule has 0 aliphatic rings. The molecule has 0 bridgehead atoms. The number of sulfonamides is 1. The van der Waals surface area contributed by atoms with Crippen LogP contribution in [0, 0.1) is 13.8 Å². The molecule has 9 heteroatoms. The number of benzene rings is 3. The smallest absolute Gasteiger partial charge is 0.264 e. The predicted octanol–water partition coefficient (Wildman–Crippen LogP) is 5.23. The van der Waals surface area contributed by atoms with Gasteiger partial charge in [-0.25, -0.2) is 8.42 Å². The Hall–Kier alpha value is -3.85. The highest BCUT2D eigenvalue weighted by molar-refractivity contribution is 7.92. The van der Waals surface area contributed by atoms with Crippen LogP contribution in [0.4, 0.5) is 5.69 Å². The van der Waals surface area contributed by atoms with Crippen LogP contribution in [0.5, 0.6) is 5.75 Å². The SMILES string of the molecule is CCCCNC(=O)[C@@H](CC)N(Cc1ccc(C)cc1)C(=O)CN(c1ccccc1OC)S(=O)(=O)c1ccc(C)cc1. The van der Waals surface area contributed by atoms with Crippen LogP contribution in [0.25, 0.3) is 0 Å². The van der Waals surface area contributed by atoms with Gasteiger partial charge in [0.2, 0.25) is 11.8 Å². The third kappa shape index (κ3) is 8.10. The summed E-state index contributed by atoms with van der Waals surface area (Å²) < 4.78 is 34.6.